The molecule has 0 aliphatic rings. The molecule has 1 heterocycles. The topological polar surface area (TPSA) is 77.4 Å². The van der Waals surface area contributed by atoms with Gasteiger partial charge < -0.3 is 14.6 Å². The zero-order valence-corrected chi connectivity index (χ0v) is 18.4. The molecule has 2 aromatic carbocycles. The van der Waals surface area contributed by atoms with Crippen molar-refractivity contribution in [2.24, 2.45) is 0 Å². The van der Waals surface area contributed by atoms with E-state index in [9.17, 15) is 23.2 Å². The van der Waals surface area contributed by atoms with Crippen molar-refractivity contribution in [3.05, 3.63) is 94.3 Å². The molecule has 0 radical (unpaired) electrons. The van der Waals surface area contributed by atoms with Gasteiger partial charge in [-0.25, -0.2) is 8.78 Å². The minimum Gasteiger partial charge on any atom is -0.457 e. The molecule has 0 fully saturated rings. The van der Waals surface area contributed by atoms with Gasteiger partial charge in [-0.3, -0.25) is 14.4 Å². The van der Waals surface area contributed by atoms with Crippen LogP contribution in [0.2, 0.25) is 0 Å². The molecule has 8 heteroatoms. The molecule has 1 amide bonds. The summed E-state index contributed by atoms with van der Waals surface area (Å²) in [6, 6.07) is 14.2. The highest BCUT2D eigenvalue weighted by Gasteiger charge is 2.18. The van der Waals surface area contributed by atoms with Crippen LogP contribution in [0.15, 0.2) is 54.6 Å². The van der Waals surface area contributed by atoms with Crippen molar-refractivity contribution in [1.29, 1.82) is 0 Å². The van der Waals surface area contributed by atoms with Gasteiger partial charge in [-0.05, 0) is 37.6 Å². The van der Waals surface area contributed by atoms with E-state index in [1.54, 1.807) is 6.07 Å². The van der Waals surface area contributed by atoms with Crippen LogP contribution in [0.5, 0.6) is 0 Å². The van der Waals surface area contributed by atoms with Crippen molar-refractivity contribution in [3.63, 3.8) is 0 Å². The van der Waals surface area contributed by atoms with Crippen LogP contribution in [-0.4, -0.2) is 35.4 Å². The Morgan fingerprint density at radius 2 is 1.70 bits per heavy atom. The standard InChI is InChI=1S/C25H24F2N2O4/c1-16-12-21(17(2)29(16)14-18-6-4-3-5-7-18)23(30)15-33-24(31)10-11-28-25(32)20-9-8-19(26)13-22(20)27/h3-9,12-13H,10-11,14-15H2,1-2H3,(H,28,32). The number of esters is 1. The van der Waals surface area contributed by atoms with Crippen LogP contribution in [0.1, 0.15) is 44.1 Å². The Kier molecular flexibility index (Phi) is 7.71. The van der Waals surface area contributed by atoms with Crippen LogP contribution >= 0.6 is 0 Å². The van der Waals surface area contributed by atoms with E-state index in [-0.39, 0.29) is 24.3 Å². The lowest BCUT2D eigenvalue weighted by molar-refractivity contribution is -0.142. The largest absolute Gasteiger partial charge is 0.457 e. The number of hydrogen-bond acceptors (Lipinski definition) is 4. The summed E-state index contributed by atoms with van der Waals surface area (Å²) < 4.78 is 33.6. The highest BCUT2D eigenvalue weighted by molar-refractivity contribution is 5.99. The summed E-state index contributed by atoms with van der Waals surface area (Å²) >= 11 is 0. The molecule has 172 valence electrons. The summed E-state index contributed by atoms with van der Waals surface area (Å²) in [5.74, 6) is -3.57. The normalized spacial score (nSPS) is 10.7. The van der Waals surface area contributed by atoms with Gasteiger partial charge in [-0.15, -0.1) is 0 Å². The van der Waals surface area contributed by atoms with Crippen LogP contribution in [0.4, 0.5) is 8.78 Å². The first-order valence-corrected chi connectivity index (χ1v) is 10.4. The van der Waals surface area contributed by atoms with E-state index < -0.39 is 30.1 Å². The Labute approximate surface area is 190 Å². The zero-order valence-electron chi connectivity index (χ0n) is 18.4. The molecule has 0 bridgehead atoms. The summed E-state index contributed by atoms with van der Waals surface area (Å²) in [4.78, 5) is 36.5. The van der Waals surface area contributed by atoms with Crippen molar-refractivity contribution in [2.75, 3.05) is 13.2 Å². The van der Waals surface area contributed by atoms with E-state index in [1.165, 1.54) is 0 Å². The number of halogens is 2. The summed E-state index contributed by atoms with van der Waals surface area (Å²) in [5.41, 5.74) is 2.96. The molecule has 0 saturated heterocycles. The lowest BCUT2D eigenvalue weighted by Crippen LogP contribution is -2.27. The van der Waals surface area contributed by atoms with Crippen LogP contribution in [-0.2, 0) is 16.1 Å². The van der Waals surface area contributed by atoms with Crippen molar-refractivity contribution in [1.82, 2.24) is 9.88 Å². The fourth-order valence-electron chi connectivity index (χ4n) is 3.44. The number of carbonyl (C=O) groups is 3. The molecule has 0 spiro atoms. The number of ketones is 1. The molecular formula is C25H24F2N2O4. The molecule has 0 atom stereocenters. The number of carbonyl (C=O) groups excluding carboxylic acids is 3. The van der Waals surface area contributed by atoms with Crippen molar-refractivity contribution in [2.45, 2.75) is 26.8 Å². The Balaban J connectivity index is 1.49. The first-order valence-electron chi connectivity index (χ1n) is 10.4. The predicted octanol–water partition coefficient (Wildman–Crippen LogP) is 3.98. The first-order chi connectivity index (χ1) is 15.8. The van der Waals surface area contributed by atoms with E-state index >= 15 is 0 Å². The molecule has 0 aliphatic heterocycles. The van der Waals surface area contributed by atoms with E-state index in [0.717, 1.165) is 29.1 Å². The Morgan fingerprint density at radius 1 is 0.970 bits per heavy atom. The monoisotopic (exact) mass is 454 g/mol. The average Bonchev–Trinajstić information content (AvgIpc) is 3.06. The molecule has 3 aromatic rings. The molecule has 6 nitrogen and oxygen atoms in total. The number of aryl methyl sites for hydroxylation is 1. The summed E-state index contributed by atoms with van der Waals surface area (Å²) in [6.07, 6.45) is -0.200. The molecular weight excluding hydrogens is 430 g/mol. The van der Waals surface area contributed by atoms with Gasteiger partial charge in [0.15, 0.2) is 6.61 Å². The first kappa shape index (κ1) is 23.8. The average molecular weight is 454 g/mol. The van der Waals surface area contributed by atoms with Gasteiger partial charge in [0.2, 0.25) is 5.78 Å². The number of hydrogen-bond donors (Lipinski definition) is 1. The summed E-state index contributed by atoms with van der Waals surface area (Å²) in [5, 5.41) is 2.36. The third kappa shape index (κ3) is 6.12. The lowest BCUT2D eigenvalue weighted by Gasteiger charge is -2.10. The molecule has 0 unspecified atom stereocenters. The van der Waals surface area contributed by atoms with E-state index in [0.29, 0.717) is 18.2 Å². The number of amides is 1. The Bertz CT molecular complexity index is 1170. The minimum atomic E-state index is -0.995. The highest BCUT2D eigenvalue weighted by atomic mass is 19.1. The number of aromatic nitrogens is 1. The molecule has 33 heavy (non-hydrogen) atoms. The number of benzene rings is 2. The molecule has 0 saturated carbocycles. The van der Waals surface area contributed by atoms with Crippen LogP contribution < -0.4 is 5.32 Å². The maximum Gasteiger partial charge on any atom is 0.308 e. The minimum absolute atomic E-state index is 0.117. The zero-order chi connectivity index (χ0) is 24.0. The maximum absolute atomic E-state index is 13.6. The Hall–Kier alpha value is -3.81. The van der Waals surface area contributed by atoms with E-state index in [4.69, 9.17) is 4.74 Å². The number of nitrogens with zero attached hydrogens (tertiary/aromatic N) is 1. The third-order valence-electron chi connectivity index (χ3n) is 5.21. The van der Waals surface area contributed by atoms with E-state index in [1.807, 2.05) is 48.7 Å². The second kappa shape index (κ2) is 10.7. The van der Waals surface area contributed by atoms with Gasteiger partial charge in [0.1, 0.15) is 11.6 Å². The van der Waals surface area contributed by atoms with Gasteiger partial charge in [0.05, 0.1) is 12.0 Å². The molecule has 1 N–H and O–H groups in total. The number of ether oxygens (including phenoxy) is 1. The maximum atomic E-state index is 13.6. The van der Waals surface area contributed by atoms with Crippen LogP contribution in [0.3, 0.4) is 0 Å². The summed E-state index contributed by atoms with van der Waals surface area (Å²) in [6.45, 7) is 3.84. The number of Topliss-reactive ketones (excluding diaryl/α,β-unsaturated/α-hetero) is 1. The van der Waals surface area contributed by atoms with Crippen molar-refractivity contribution >= 4 is 17.7 Å². The second-order valence-electron chi connectivity index (χ2n) is 7.57. The van der Waals surface area contributed by atoms with Crippen LogP contribution in [0, 0.1) is 25.5 Å². The fraction of sp³-hybridized carbons (Fsp3) is 0.240. The second-order valence-corrected chi connectivity index (χ2v) is 7.57. The van der Waals surface area contributed by atoms with Gasteiger partial charge >= 0.3 is 5.97 Å². The third-order valence-corrected chi connectivity index (χ3v) is 5.21. The number of rotatable bonds is 9. The quantitative estimate of drug-likeness (QED) is 0.392. The lowest BCUT2D eigenvalue weighted by atomic mass is 10.1. The Morgan fingerprint density at radius 3 is 2.39 bits per heavy atom. The SMILES string of the molecule is Cc1cc(C(=O)COC(=O)CCNC(=O)c2ccc(F)cc2F)c(C)n1Cc1ccccc1. The predicted molar refractivity (Wildman–Crippen MR) is 118 cm³/mol. The van der Waals surface area contributed by atoms with Gasteiger partial charge in [-0.1, -0.05) is 30.3 Å². The van der Waals surface area contributed by atoms with Gasteiger partial charge in [0, 0.05) is 36.1 Å². The summed E-state index contributed by atoms with van der Waals surface area (Å²) in [7, 11) is 0. The van der Waals surface area contributed by atoms with Crippen molar-refractivity contribution in [3.8, 4) is 0 Å². The molecule has 3 rings (SSSR count). The smallest absolute Gasteiger partial charge is 0.308 e. The highest BCUT2D eigenvalue weighted by Crippen LogP contribution is 2.18. The van der Waals surface area contributed by atoms with Crippen LogP contribution in [0.25, 0.3) is 0 Å². The van der Waals surface area contributed by atoms with Gasteiger partial charge in [-0.2, -0.15) is 0 Å². The van der Waals surface area contributed by atoms with Crippen molar-refractivity contribution < 1.29 is 27.9 Å². The van der Waals surface area contributed by atoms with E-state index in [2.05, 4.69) is 5.32 Å². The molecule has 1 aromatic heterocycles. The molecule has 0 aliphatic carbocycles. The fourth-order valence-corrected chi connectivity index (χ4v) is 3.44. The van der Waals surface area contributed by atoms with Gasteiger partial charge in [0.25, 0.3) is 5.91 Å². The number of nitrogens with one attached hydrogen (secondary N) is 1.